The van der Waals surface area contributed by atoms with Gasteiger partial charge >= 0.3 is 11.8 Å². The first kappa shape index (κ1) is 17.7. The minimum Gasteiger partial charge on any atom is -0.345 e. The van der Waals surface area contributed by atoms with E-state index < -0.39 is 11.8 Å². The SMILES string of the molecule is Cc1ccc(CNC(=O)C(=O)Nc2ccccc2C(=O)N(C)C)s1. The lowest BCUT2D eigenvalue weighted by molar-refractivity contribution is -0.136. The van der Waals surface area contributed by atoms with Gasteiger partial charge in [-0.05, 0) is 31.2 Å². The Bertz CT molecular complexity index is 768. The number of carbonyl (C=O) groups excluding carboxylic acids is 3. The molecule has 24 heavy (non-hydrogen) atoms. The number of amides is 3. The van der Waals surface area contributed by atoms with Crippen molar-refractivity contribution in [2.75, 3.05) is 19.4 Å². The Labute approximate surface area is 144 Å². The van der Waals surface area contributed by atoms with Crippen LogP contribution >= 0.6 is 11.3 Å². The van der Waals surface area contributed by atoms with Crippen molar-refractivity contribution in [1.82, 2.24) is 10.2 Å². The molecule has 0 aliphatic heterocycles. The third-order valence-corrected chi connectivity index (χ3v) is 4.24. The number of aryl methyl sites for hydroxylation is 1. The molecule has 126 valence electrons. The van der Waals surface area contributed by atoms with Gasteiger partial charge in [-0.3, -0.25) is 14.4 Å². The van der Waals surface area contributed by atoms with Crippen LogP contribution in [0.2, 0.25) is 0 Å². The summed E-state index contributed by atoms with van der Waals surface area (Å²) in [4.78, 5) is 39.6. The van der Waals surface area contributed by atoms with Gasteiger partial charge in [-0.25, -0.2) is 0 Å². The molecule has 1 heterocycles. The second-order valence-electron chi connectivity index (χ2n) is 5.39. The van der Waals surface area contributed by atoms with Crippen molar-refractivity contribution < 1.29 is 14.4 Å². The average Bonchev–Trinajstić information content (AvgIpc) is 2.97. The third kappa shape index (κ3) is 4.42. The molecule has 0 spiro atoms. The standard InChI is InChI=1S/C17H19N3O3S/c1-11-8-9-12(24-11)10-18-15(21)16(22)19-14-7-5-4-6-13(14)17(23)20(2)3/h4-9H,10H2,1-3H3,(H,18,21)(H,19,22). The van der Waals surface area contributed by atoms with Gasteiger partial charge in [0.1, 0.15) is 0 Å². The molecule has 0 fully saturated rings. The zero-order valence-electron chi connectivity index (χ0n) is 13.8. The summed E-state index contributed by atoms with van der Waals surface area (Å²) in [6, 6.07) is 10.4. The number of anilines is 1. The average molecular weight is 345 g/mol. The smallest absolute Gasteiger partial charge is 0.313 e. The van der Waals surface area contributed by atoms with Crippen LogP contribution in [-0.4, -0.2) is 36.7 Å². The van der Waals surface area contributed by atoms with Crippen molar-refractivity contribution in [3.05, 3.63) is 51.7 Å². The molecular weight excluding hydrogens is 326 g/mol. The van der Waals surface area contributed by atoms with E-state index in [1.807, 2.05) is 19.1 Å². The summed E-state index contributed by atoms with van der Waals surface area (Å²) in [5.41, 5.74) is 0.640. The summed E-state index contributed by atoms with van der Waals surface area (Å²) in [6.45, 7) is 2.27. The molecule has 6 nitrogen and oxygen atoms in total. The number of hydrogen-bond acceptors (Lipinski definition) is 4. The molecule has 1 aromatic heterocycles. The fourth-order valence-corrected chi connectivity index (χ4v) is 2.86. The van der Waals surface area contributed by atoms with E-state index in [1.54, 1.807) is 49.7 Å². The van der Waals surface area contributed by atoms with Gasteiger partial charge in [-0.2, -0.15) is 0 Å². The normalized spacial score (nSPS) is 10.1. The summed E-state index contributed by atoms with van der Waals surface area (Å²) in [5, 5.41) is 5.06. The van der Waals surface area contributed by atoms with Crippen LogP contribution in [-0.2, 0) is 16.1 Å². The molecule has 2 N–H and O–H groups in total. The minimum absolute atomic E-state index is 0.250. The Hall–Kier alpha value is -2.67. The molecule has 0 unspecified atom stereocenters. The fourth-order valence-electron chi connectivity index (χ4n) is 2.03. The highest BCUT2D eigenvalue weighted by atomic mass is 32.1. The van der Waals surface area contributed by atoms with Crippen molar-refractivity contribution >= 4 is 34.7 Å². The molecule has 0 saturated heterocycles. The van der Waals surface area contributed by atoms with Crippen LogP contribution in [0.5, 0.6) is 0 Å². The number of nitrogens with one attached hydrogen (secondary N) is 2. The van der Waals surface area contributed by atoms with Crippen LogP contribution in [0.15, 0.2) is 36.4 Å². The molecule has 3 amide bonds. The monoisotopic (exact) mass is 345 g/mol. The van der Waals surface area contributed by atoms with Crippen LogP contribution in [0, 0.1) is 6.92 Å². The third-order valence-electron chi connectivity index (χ3n) is 3.24. The van der Waals surface area contributed by atoms with Crippen LogP contribution in [0.3, 0.4) is 0 Å². The highest BCUT2D eigenvalue weighted by molar-refractivity contribution is 7.11. The number of rotatable bonds is 4. The lowest BCUT2D eigenvalue weighted by atomic mass is 10.1. The number of para-hydroxylation sites is 1. The summed E-state index contributed by atoms with van der Waals surface area (Å²) >= 11 is 1.56. The van der Waals surface area contributed by atoms with E-state index in [0.29, 0.717) is 17.8 Å². The van der Waals surface area contributed by atoms with Crippen LogP contribution < -0.4 is 10.6 Å². The predicted molar refractivity (Wildman–Crippen MR) is 94.0 cm³/mol. The van der Waals surface area contributed by atoms with E-state index in [2.05, 4.69) is 10.6 Å². The lowest BCUT2D eigenvalue weighted by Gasteiger charge is -2.14. The van der Waals surface area contributed by atoms with Crippen molar-refractivity contribution in [2.45, 2.75) is 13.5 Å². The number of hydrogen-bond donors (Lipinski definition) is 2. The molecule has 0 radical (unpaired) electrons. The van der Waals surface area contributed by atoms with Crippen molar-refractivity contribution in [3.63, 3.8) is 0 Å². The Morgan fingerprint density at radius 3 is 2.38 bits per heavy atom. The van der Waals surface area contributed by atoms with Crippen molar-refractivity contribution in [1.29, 1.82) is 0 Å². The van der Waals surface area contributed by atoms with Crippen LogP contribution in [0.25, 0.3) is 0 Å². The summed E-state index contributed by atoms with van der Waals surface area (Å²) in [7, 11) is 3.24. The Morgan fingerprint density at radius 2 is 1.75 bits per heavy atom. The van der Waals surface area contributed by atoms with Crippen LogP contribution in [0.4, 0.5) is 5.69 Å². The van der Waals surface area contributed by atoms with E-state index in [1.165, 1.54) is 4.90 Å². The van der Waals surface area contributed by atoms with Gasteiger partial charge in [-0.15, -0.1) is 11.3 Å². The van der Waals surface area contributed by atoms with Crippen LogP contribution in [0.1, 0.15) is 20.1 Å². The summed E-state index contributed by atoms with van der Waals surface area (Å²) in [6.07, 6.45) is 0. The summed E-state index contributed by atoms with van der Waals surface area (Å²) in [5.74, 6) is -1.80. The molecule has 1 aromatic carbocycles. The van der Waals surface area contributed by atoms with Gasteiger partial charge < -0.3 is 15.5 Å². The number of carbonyl (C=O) groups is 3. The van der Waals surface area contributed by atoms with Crippen molar-refractivity contribution in [2.24, 2.45) is 0 Å². The second kappa shape index (κ2) is 7.74. The van der Waals surface area contributed by atoms with Gasteiger partial charge in [-0.1, -0.05) is 12.1 Å². The Morgan fingerprint density at radius 1 is 1.04 bits per heavy atom. The first-order chi connectivity index (χ1) is 11.4. The molecule has 2 rings (SSSR count). The first-order valence-electron chi connectivity index (χ1n) is 7.33. The number of benzene rings is 1. The second-order valence-corrected chi connectivity index (χ2v) is 6.77. The molecule has 0 saturated carbocycles. The fraction of sp³-hybridized carbons (Fsp3) is 0.235. The van der Waals surface area contributed by atoms with Gasteiger partial charge in [0.25, 0.3) is 5.91 Å². The number of thiophene rings is 1. The molecule has 0 bridgehead atoms. The Balaban J connectivity index is 2.01. The quantitative estimate of drug-likeness (QED) is 0.832. The zero-order valence-corrected chi connectivity index (χ0v) is 14.6. The number of nitrogens with zero attached hydrogens (tertiary/aromatic N) is 1. The Kier molecular flexibility index (Phi) is 5.70. The van der Waals surface area contributed by atoms with Gasteiger partial charge in [0.2, 0.25) is 0 Å². The molecular formula is C17H19N3O3S. The van der Waals surface area contributed by atoms with E-state index >= 15 is 0 Å². The first-order valence-corrected chi connectivity index (χ1v) is 8.15. The maximum Gasteiger partial charge on any atom is 0.313 e. The maximum atomic E-state index is 12.1. The molecule has 0 aliphatic carbocycles. The summed E-state index contributed by atoms with van der Waals surface area (Å²) < 4.78 is 0. The van der Waals surface area contributed by atoms with E-state index in [4.69, 9.17) is 0 Å². The lowest BCUT2D eigenvalue weighted by Crippen LogP contribution is -2.35. The van der Waals surface area contributed by atoms with Gasteiger partial charge in [0.05, 0.1) is 17.8 Å². The molecule has 2 aromatic rings. The zero-order chi connectivity index (χ0) is 17.7. The maximum absolute atomic E-state index is 12.1. The highest BCUT2D eigenvalue weighted by Crippen LogP contribution is 2.17. The van der Waals surface area contributed by atoms with Gasteiger partial charge in [0, 0.05) is 23.8 Å². The predicted octanol–water partition coefficient (Wildman–Crippen LogP) is 2.01. The topological polar surface area (TPSA) is 78.5 Å². The highest BCUT2D eigenvalue weighted by Gasteiger charge is 2.18. The van der Waals surface area contributed by atoms with Gasteiger partial charge in [0.15, 0.2) is 0 Å². The van der Waals surface area contributed by atoms with E-state index in [9.17, 15) is 14.4 Å². The molecule has 7 heteroatoms. The minimum atomic E-state index is -0.803. The van der Waals surface area contributed by atoms with E-state index in [-0.39, 0.29) is 5.91 Å². The van der Waals surface area contributed by atoms with Crippen molar-refractivity contribution in [3.8, 4) is 0 Å². The van der Waals surface area contributed by atoms with E-state index in [0.717, 1.165) is 9.75 Å². The molecule has 0 atom stereocenters. The largest absolute Gasteiger partial charge is 0.345 e. The molecule has 0 aliphatic rings.